The Kier molecular flexibility index (Phi) is 3.23. The van der Waals surface area contributed by atoms with Crippen LogP contribution in [-0.4, -0.2) is 12.2 Å². The predicted octanol–water partition coefficient (Wildman–Crippen LogP) is 2.90. The second-order valence-corrected chi connectivity index (χ2v) is 3.28. The summed E-state index contributed by atoms with van der Waals surface area (Å²) >= 11 is 8.84. The van der Waals surface area contributed by atoms with Crippen LogP contribution in [0.4, 0.5) is 0 Å². The Bertz CT molecular complexity index is 260. The number of alkyl halides is 1. The van der Waals surface area contributed by atoms with E-state index in [1.807, 2.05) is 0 Å². The van der Waals surface area contributed by atoms with E-state index in [1.165, 1.54) is 7.11 Å². The number of benzene rings is 1. The average molecular weight is 252 g/mol. The summed E-state index contributed by atoms with van der Waals surface area (Å²) in [4.78, 5) is 0. The van der Waals surface area contributed by atoms with Crippen molar-refractivity contribution in [2.75, 3.05) is 7.11 Å². The Hall–Kier alpha value is -0.410. The molecule has 2 nitrogen and oxygen atoms in total. The first-order valence-corrected chi connectivity index (χ1v) is 4.63. The summed E-state index contributed by atoms with van der Waals surface area (Å²) in [5.74, 6) is 0.893. The molecule has 0 bridgehead atoms. The topological polar surface area (TPSA) is 29.5 Å². The van der Waals surface area contributed by atoms with Crippen LogP contribution in [0.15, 0.2) is 16.6 Å². The van der Waals surface area contributed by atoms with Crippen molar-refractivity contribution in [3.05, 3.63) is 22.2 Å². The maximum Gasteiger partial charge on any atom is 0.172 e. The lowest BCUT2D eigenvalue weighted by molar-refractivity contribution is 0.371. The van der Waals surface area contributed by atoms with Gasteiger partial charge in [0.2, 0.25) is 0 Å². The molecule has 1 aromatic rings. The molecule has 0 heterocycles. The first-order valence-electron chi connectivity index (χ1n) is 3.31. The molecule has 0 aromatic heterocycles. The minimum Gasteiger partial charge on any atom is -0.503 e. The second kappa shape index (κ2) is 4.01. The molecule has 0 saturated heterocycles. The standard InChI is InChI=1S/C8H8BrClO2/c1-12-6-3-2-5(4-10)7(9)8(6)11/h2-3,11H,4H2,1H3. The van der Waals surface area contributed by atoms with Crippen LogP contribution in [0, 0.1) is 0 Å². The first kappa shape index (κ1) is 9.68. The molecule has 12 heavy (non-hydrogen) atoms. The number of phenolic OH excluding ortho intramolecular Hbond substituents is 1. The highest BCUT2D eigenvalue weighted by Gasteiger charge is 2.09. The molecule has 1 N–H and O–H groups in total. The molecule has 0 radical (unpaired) electrons. The predicted molar refractivity (Wildman–Crippen MR) is 51.9 cm³/mol. The van der Waals surface area contributed by atoms with E-state index >= 15 is 0 Å². The number of aromatic hydroxyl groups is 1. The van der Waals surface area contributed by atoms with E-state index in [-0.39, 0.29) is 5.75 Å². The van der Waals surface area contributed by atoms with Crippen molar-refractivity contribution in [3.63, 3.8) is 0 Å². The lowest BCUT2D eigenvalue weighted by Gasteiger charge is -2.07. The molecule has 0 unspecified atom stereocenters. The van der Waals surface area contributed by atoms with Crippen LogP contribution in [0.5, 0.6) is 11.5 Å². The van der Waals surface area contributed by atoms with Crippen LogP contribution in [-0.2, 0) is 5.88 Å². The van der Waals surface area contributed by atoms with Crippen LogP contribution < -0.4 is 4.74 Å². The number of ether oxygens (including phenoxy) is 1. The third-order valence-electron chi connectivity index (χ3n) is 1.52. The van der Waals surface area contributed by atoms with Gasteiger partial charge >= 0.3 is 0 Å². The molecule has 0 aliphatic carbocycles. The van der Waals surface area contributed by atoms with Gasteiger partial charge in [0.05, 0.1) is 11.6 Å². The van der Waals surface area contributed by atoms with E-state index in [0.29, 0.717) is 16.1 Å². The van der Waals surface area contributed by atoms with Crippen LogP contribution in [0.25, 0.3) is 0 Å². The summed E-state index contributed by atoms with van der Waals surface area (Å²) in [6.45, 7) is 0. The smallest absolute Gasteiger partial charge is 0.172 e. The number of hydrogen-bond acceptors (Lipinski definition) is 2. The fourth-order valence-corrected chi connectivity index (χ4v) is 1.71. The van der Waals surface area contributed by atoms with Gasteiger partial charge in [-0.25, -0.2) is 0 Å². The van der Waals surface area contributed by atoms with Crippen molar-refractivity contribution in [3.8, 4) is 11.5 Å². The summed E-state index contributed by atoms with van der Waals surface area (Å²) in [7, 11) is 1.50. The van der Waals surface area contributed by atoms with Gasteiger partial charge in [0.25, 0.3) is 0 Å². The van der Waals surface area contributed by atoms with Gasteiger partial charge in [-0.05, 0) is 27.6 Å². The fraction of sp³-hybridized carbons (Fsp3) is 0.250. The highest BCUT2D eigenvalue weighted by molar-refractivity contribution is 9.10. The van der Waals surface area contributed by atoms with E-state index in [9.17, 15) is 5.11 Å². The highest BCUT2D eigenvalue weighted by Crippen LogP contribution is 2.36. The van der Waals surface area contributed by atoms with Crippen LogP contribution in [0.3, 0.4) is 0 Å². The zero-order valence-electron chi connectivity index (χ0n) is 6.47. The Morgan fingerprint density at radius 3 is 2.75 bits per heavy atom. The summed E-state index contributed by atoms with van der Waals surface area (Å²) in [6.07, 6.45) is 0. The number of rotatable bonds is 2. The van der Waals surface area contributed by atoms with Crippen molar-refractivity contribution >= 4 is 27.5 Å². The van der Waals surface area contributed by atoms with E-state index in [4.69, 9.17) is 16.3 Å². The third-order valence-corrected chi connectivity index (χ3v) is 2.70. The maximum atomic E-state index is 9.48. The van der Waals surface area contributed by atoms with Gasteiger partial charge in [-0.2, -0.15) is 0 Å². The summed E-state index contributed by atoms with van der Waals surface area (Å²) < 4.78 is 5.50. The van der Waals surface area contributed by atoms with Gasteiger partial charge in [-0.3, -0.25) is 0 Å². The largest absolute Gasteiger partial charge is 0.503 e. The van der Waals surface area contributed by atoms with Crippen molar-refractivity contribution in [1.82, 2.24) is 0 Å². The third kappa shape index (κ3) is 1.67. The summed E-state index contributed by atoms with van der Waals surface area (Å²) in [5, 5.41) is 9.48. The Morgan fingerprint density at radius 2 is 2.25 bits per heavy atom. The molecule has 0 spiro atoms. The van der Waals surface area contributed by atoms with Gasteiger partial charge in [0.15, 0.2) is 11.5 Å². The monoisotopic (exact) mass is 250 g/mol. The zero-order valence-corrected chi connectivity index (χ0v) is 8.82. The Labute approximate surface area is 84.2 Å². The normalized spacial score (nSPS) is 9.92. The number of methoxy groups -OCH3 is 1. The molecule has 1 rings (SSSR count). The quantitative estimate of drug-likeness (QED) is 0.819. The minimum absolute atomic E-state index is 0.0932. The molecule has 1 aromatic carbocycles. The number of halogens is 2. The SMILES string of the molecule is COc1ccc(CCl)c(Br)c1O. The number of phenols is 1. The average Bonchev–Trinajstić information content (AvgIpc) is 2.10. The van der Waals surface area contributed by atoms with Gasteiger partial charge in [0.1, 0.15) is 0 Å². The van der Waals surface area contributed by atoms with Crippen molar-refractivity contribution in [1.29, 1.82) is 0 Å². The van der Waals surface area contributed by atoms with E-state index in [2.05, 4.69) is 15.9 Å². The van der Waals surface area contributed by atoms with E-state index in [0.717, 1.165) is 5.56 Å². The minimum atomic E-state index is 0.0932. The van der Waals surface area contributed by atoms with E-state index < -0.39 is 0 Å². The molecule has 4 heteroatoms. The zero-order chi connectivity index (χ0) is 9.14. The fourth-order valence-electron chi connectivity index (χ4n) is 0.857. The Balaban J connectivity index is 3.20. The molecule has 0 fully saturated rings. The van der Waals surface area contributed by atoms with Crippen molar-refractivity contribution in [2.45, 2.75) is 5.88 Å². The first-order chi connectivity index (χ1) is 5.70. The van der Waals surface area contributed by atoms with Gasteiger partial charge < -0.3 is 9.84 Å². The molecule has 0 atom stereocenters. The molecule has 0 saturated carbocycles. The lowest BCUT2D eigenvalue weighted by atomic mass is 10.2. The van der Waals surface area contributed by atoms with Gasteiger partial charge in [-0.1, -0.05) is 6.07 Å². The number of hydrogen-bond donors (Lipinski definition) is 1. The van der Waals surface area contributed by atoms with Crippen molar-refractivity contribution in [2.24, 2.45) is 0 Å². The Morgan fingerprint density at radius 1 is 1.58 bits per heavy atom. The van der Waals surface area contributed by atoms with Gasteiger partial charge in [-0.15, -0.1) is 11.6 Å². The molecule has 0 amide bonds. The van der Waals surface area contributed by atoms with Crippen LogP contribution >= 0.6 is 27.5 Å². The lowest BCUT2D eigenvalue weighted by Crippen LogP contribution is -1.87. The van der Waals surface area contributed by atoms with Crippen LogP contribution in [0.1, 0.15) is 5.56 Å². The highest BCUT2D eigenvalue weighted by atomic mass is 79.9. The van der Waals surface area contributed by atoms with E-state index in [1.54, 1.807) is 12.1 Å². The summed E-state index contributed by atoms with van der Waals surface area (Å²) in [6, 6.07) is 3.48. The maximum absolute atomic E-state index is 9.48. The second-order valence-electron chi connectivity index (χ2n) is 2.22. The van der Waals surface area contributed by atoms with Crippen molar-refractivity contribution < 1.29 is 9.84 Å². The van der Waals surface area contributed by atoms with Gasteiger partial charge in [0, 0.05) is 5.88 Å². The molecular formula is C8H8BrClO2. The molecule has 0 aliphatic heterocycles. The molecule has 66 valence electrons. The summed E-state index contributed by atoms with van der Waals surface area (Å²) in [5.41, 5.74) is 0.843. The molecular weight excluding hydrogens is 243 g/mol. The van der Waals surface area contributed by atoms with Crippen LogP contribution in [0.2, 0.25) is 0 Å². The molecule has 0 aliphatic rings.